The Labute approximate surface area is 230 Å². The first-order valence-electron chi connectivity index (χ1n) is 12.9. The highest BCUT2D eigenvalue weighted by molar-refractivity contribution is 6.50. The Bertz CT molecular complexity index is 1680. The zero-order chi connectivity index (χ0) is 27.5. The first-order chi connectivity index (χ1) is 18.6. The number of imide groups is 1. The number of halogens is 1. The molecule has 1 aromatic carbocycles. The standard InChI is InChI=1S/C29H28ClN5O4/c1-29(2,3)39-28(38)33-12-9-18(10-13-33)35-16-20(19-8-7-17(30)14-21(19)35)24-25(27(37)32-26(24)36)22-15-31-23-6-4-5-11-34(22)23/h4-8,11,14-16,18H,9-10,12-13H2,1-3H3,(H,32,36,37). The van der Waals surface area contributed by atoms with Gasteiger partial charge in [-0.2, -0.15) is 0 Å². The van der Waals surface area contributed by atoms with Gasteiger partial charge in [-0.1, -0.05) is 23.7 Å². The molecule has 200 valence electrons. The Kier molecular flexibility index (Phi) is 5.99. The van der Waals surface area contributed by atoms with Gasteiger partial charge in [0, 0.05) is 47.5 Å². The number of amides is 3. The number of nitrogens with zero attached hydrogens (tertiary/aromatic N) is 4. The lowest BCUT2D eigenvalue weighted by molar-refractivity contribution is -0.122. The summed E-state index contributed by atoms with van der Waals surface area (Å²) in [6.45, 7) is 6.66. The number of carbonyl (C=O) groups excluding carboxylic acids is 3. The minimum Gasteiger partial charge on any atom is -0.444 e. The molecule has 0 atom stereocenters. The van der Waals surface area contributed by atoms with Crippen molar-refractivity contribution < 1.29 is 19.1 Å². The van der Waals surface area contributed by atoms with Gasteiger partial charge in [-0.15, -0.1) is 0 Å². The molecule has 1 fully saturated rings. The molecule has 39 heavy (non-hydrogen) atoms. The van der Waals surface area contributed by atoms with Crippen molar-refractivity contribution in [2.24, 2.45) is 0 Å². The number of hydrogen-bond acceptors (Lipinski definition) is 5. The van der Waals surface area contributed by atoms with Gasteiger partial charge in [-0.25, -0.2) is 9.78 Å². The largest absolute Gasteiger partial charge is 0.444 e. The van der Waals surface area contributed by atoms with Gasteiger partial charge in [0.25, 0.3) is 11.8 Å². The predicted molar refractivity (Wildman–Crippen MR) is 148 cm³/mol. The number of likely N-dealkylation sites (tertiary alicyclic amines) is 1. The lowest BCUT2D eigenvalue weighted by Gasteiger charge is -2.34. The van der Waals surface area contributed by atoms with Crippen LogP contribution in [0.3, 0.4) is 0 Å². The number of hydrogen-bond donors (Lipinski definition) is 1. The van der Waals surface area contributed by atoms with E-state index in [1.54, 1.807) is 21.6 Å². The number of nitrogens with one attached hydrogen (secondary N) is 1. The number of pyridine rings is 1. The molecule has 2 aliphatic rings. The molecule has 6 rings (SSSR count). The van der Waals surface area contributed by atoms with Crippen molar-refractivity contribution in [3.8, 4) is 0 Å². The van der Waals surface area contributed by atoms with Crippen LogP contribution in [0.25, 0.3) is 27.7 Å². The summed E-state index contributed by atoms with van der Waals surface area (Å²) in [5, 5.41) is 3.88. The highest BCUT2D eigenvalue weighted by Gasteiger charge is 2.36. The van der Waals surface area contributed by atoms with Gasteiger partial charge in [0.2, 0.25) is 0 Å². The van der Waals surface area contributed by atoms with Crippen molar-refractivity contribution in [3.05, 3.63) is 71.3 Å². The molecule has 2 aliphatic heterocycles. The van der Waals surface area contributed by atoms with Gasteiger partial charge >= 0.3 is 6.09 Å². The van der Waals surface area contributed by atoms with Gasteiger partial charge in [0.15, 0.2) is 0 Å². The van der Waals surface area contributed by atoms with Gasteiger partial charge in [0.1, 0.15) is 11.2 Å². The molecule has 10 heteroatoms. The van der Waals surface area contributed by atoms with E-state index < -0.39 is 17.4 Å². The second-order valence-electron chi connectivity index (χ2n) is 10.9. The molecular weight excluding hydrogens is 518 g/mol. The summed E-state index contributed by atoms with van der Waals surface area (Å²) in [7, 11) is 0. The molecular formula is C29H28ClN5O4. The highest BCUT2D eigenvalue weighted by Crippen LogP contribution is 2.39. The second-order valence-corrected chi connectivity index (χ2v) is 11.4. The Balaban J connectivity index is 1.42. The molecule has 0 unspecified atom stereocenters. The van der Waals surface area contributed by atoms with Gasteiger partial charge < -0.3 is 14.2 Å². The summed E-state index contributed by atoms with van der Waals surface area (Å²) in [4.78, 5) is 45.1. The monoisotopic (exact) mass is 545 g/mol. The minimum atomic E-state index is -0.554. The molecule has 0 spiro atoms. The first kappa shape index (κ1) is 25.2. The zero-order valence-corrected chi connectivity index (χ0v) is 22.7. The van der Waals surface area contributed by atoms with Gasteiger partial charge in [-0.3, -0.25) is 19.3 Å². The normalized spacial score (nSPS) is 17.0. The van der Waals surface area contributed by atoms with Crippen LogP contribution in [0, 0.1) is 0 Å². The van der Waals surface area contributed by atoms with Crippen LogP contribution in [0.2, 0.25) is 5.02 Å². The van der Waals surface area contributed by atoms with Crippen LogP contribution >= 0.6 is 11.6 Å². The number of fused-ring (bicyclic) bond motifs is 2. The lowest BCUT2D eigenvalue weighted by Crippen LogP contribution is -2.42. The van der Waals surface area contributed by atoms with Crippen molar-refractivity contribution in [1.82, 2.24) is 24.2 Å². The molecule has 5 heterocycles. The summed E-state index contributed by atoms with van der Waals surface area (Å²) in [6, 6.07) is 11.2. The molecule has 3 amide bonds. The van der Waals surface area contributed by atoms with Crippen molar-refractivity contribution in [1.29, 1.82) is 0 Å². The molecule has 0 saturated carbocycles. The quantitative estimate of drug-likeness (QED) is 0.362. The van der Waals surface area contributed by atoms with E-state index in [9.17, 15) is 14.4 Å². The molecule has 4 aromatic rings. The third kappa shape index (κ3) is 4.46. The van der Waals surface area contributed by atoms with Crippen molar-refractivity contribution in [2.75, 3.05) is 13.1 Å². The molecule has 0 bridgehead atoms. The first-order valence-corrected chi connectivity index (χ1v) is 13.3. The van der Waals surface area contributed by atoms with Gasteiger partial charge in [-0.05, 0) is 57.9 Å². The summed E-state index contributed by atoms with van der Waals surface area (Å²) in [6.07, 6.45) is 6.47. The fourth-order valence-electron chi connectivity index (χ4n) is 5.45. The number of aromatic nitrogens is 3. The number of imidazole rings is 1. The van der Waals surface area contributed by atoms with Crippen LogP contribution in [-0.2, 0) is 14.3 Å². The fourth-order valence-corrected chi connectivity index (χ4v) is 5.62. The number of ether oxygens (including phenoxy) is 1. The molecule has 0 radical (unpaired) electrons. The van der Waals surface area contributed by atoms with Crippen LogP contribution in [-0.4, -0.2) is 55.4 Å². The Morgan fingerprint density at radius 3 is 2.56 bits per heavy atom. The van der Waals surface area contributed by atoms with Crippen LogP contribution < -0.4 is 5.32 Å². The van der Waals surface area contributed by atoms with Crippen molar-refractivity contribution >= 4 is 57.2 Å². The van der Waals surface area contributed by atoms with E-state index in [2.05, 4.69) is 14.9 Å². The van der Waals surface area contributed by atoms with E-state index in [4.69, 9.17) is 16.3 Å². The maximum Gasteiger partial charge on any atom is 0.410 e. The third-order valence-corrected chi connectivity index (χ3v) is 7.41. The Hall–Kier alpha value is -4.11. The van der Waals surface area contributed by atoms with Crippen LogP contribution in [0.4, 0.5) is 4.79 Å². The second kappa shape index (κ2) is 9.27. The SMILES string of the molecule is CC(C)(C)OC(=O)N1CCC(n2cc(C3=C(c4cnc5ccccn45)C(=O)NC3=O)c3ccc(Cl)cc32)CC1. The highest BCUT2D eigenvalue weighted by atomic mass is 35.5. The molecule has 1 saturated heterocycles. The fraction of sp³-hybridized carbons (Fsp3) is 0.310. The van der Waals surface area contributed by atoms with E-state index in [1.165, 1.54) is 0 Å². The summed E-state index contributed by atoms with van der Waals surface area (Å²) < 4.78 is 9.47. The van der Waals surface area contributed by atoms with Crippen molar-refractivity contribution in [2.45, 2.75) is 45.3 Å². The third-order valence-electron chi connectivity index (χ3n) is 7.18. The van der Waals surface area contributed by atoms with Crippen molar-refractivity contribution in [3.63, 3.8) is 0 Å². The lowest BCUT2D eigenvalue weighted by atomic mass is 9.99. The van der Waals surface area contributed by atoms with Crippen LogP contribution in [0.15, 0.2) is 55.0 Å². The average Bonchev–Trinajstić information content (AvgIpc) is 3.55. The van der Waals surface area contributed by atoms with E-state index in [0.29, 0.717) is 53.4 Å². The summed E-state index contributed by atoms with van der Waals surface area (Å²) in [5.74, 6) is -0.907. The number of piperidine rings is 1. The summed E-state index contributed by atoms with van der Waals surface area (Å²) in [5.41, 5.74) is 2.78. The molecule has 9 nitrogen and oxygen atoms in total. The van der Waals surface area contributed by atoms with E-state index in [1.807, 2.05) is 63.5 Å². The maximum absolute atomic E-state index is 13.2. The Morgan fingerprint density at radius 1 is 1.08 bits per heavy atom. The van der Waals surface area contributed by atoms with E-state index >= 15 is 0 Å². The van der Waals surface area contributed by atoms with Gasteiger partial charge in [0.05, 0.1) is 28.6 Å². The maximum atomic E-state index is 13.2. The topological polar surface area (TPSA) is 97.9 Å². The minimum absolute atomic E-state index is 0.0680. The van der Waals surface area contributed by atoms with E-state index in [-0.39, 0.29) is 17.7 Å². The van der Waals surface area contributed by atoms with Crippen LogP contribution in [0.1, 0.15) is 50.9 Å². The molecule has 1 N–H and O–H groups in total. The van der Waals surface area contributed by atoms with Crippen LogP contribution in [0.5, 0.6) is 0 Å². The summed E-state index contributed by atoms with van der Waals surface area (Å²) >= 11 is 6.41. The molecule has 0 aliphatic carbocycles. The van der Waals surface area contributed by atoms with E-state index in [0.717, 1.165) is 10.9 Å². The average molecular weight is 546 g/mol. The zero-order valence-electron chi connectivity index (χ0n) is 21.9. The smallest absolute Gasteiger partial charge is 0.410 e. The number of benzene rings is 1. The molecule has 3 aromatic heterocycles. The predicted octanol–water partition coefficient (Wildman–Crippen LogP) is 5.08. The number of carbonyl (C=O) groups is 3. The Morgan fingerprint density at radius 2 is 1.82 bits per heavy atom. The number of rotatable bonds is 3.